The van der Waals surface area contributed by atoms with Gasteiger partial charge < -0.3 is 15.4 Å². The Morgan fingerprint density at radius 2 is 1.75 bits per heavy atom. The van der Waals surface area contributed by atoms with Crippen molar-refractivity contribution in [3.63, 3.8) is 0 Å². The lowest BCUT2D eigenvalue weighted by molar-refractivity contribution is -0.114. The second-order valence-electron chi connectivity index (χ2n) is 5.53. The number of rotatable bonds is 5. The minimum atomic E-state index is -0.296. The van der Waals surface area contributed by atoms with Crippen LogP contribution in [-0.4, -0.2) is 17.9 Å². The lowest BCUT2D eigenvalue weighted by Crippen LogP contribution is -2.13. The quantitative estimate of drug-likeness (QED) is 0.846. The molecular weight excluding hydrogens is 328 g/mol. The summed E-state index contributed by atoms with van der Waals surface area (Å²) in [4.78, 5) is 23.4. The van der Waals surface area contributed by atoms with Gasteiger partial charge in [0, 0.05) is 23.9 Å². The number of hydrogen-bond acceptors (Lipinski definition) is 3. The zero-order chi connectivity index (χ0) is 17.7. The number of nitrogens with one attached hydrogen (secondary N) is 2. The molecule has 6 heteroatoms. The van der Waals surface area contributed by atoms with Gasteiger partial charge in [-0.15, -0.1) is 0 Å². The van der Waals surface area contributed by atoms with E-state index in [-0.39, 0.29) is 17.9 Å². The molecule has 24 heavy (non-hydrogen) atoms. The molecule has 5 nitrogen and oxygen atoms in total. The van der Waals surface area contributed by atoms with Crippen LogP contribution in [-0.2, 0) is 4.79 Å². The van der Waals surface area contributed by atoms with E-state index in [0.29, 0.717) is 27.7 Å². The first-order chi connectivity index (χ1) is 11.3. The summed E-state index contributed by atoms with van der Waals surface area (Å²) in [6.07, 6.45) is 0.0134. The molecule has 0 heterocycles. The van der Waals surface area contributed by atoms with Crippen LogP contribution in [0.5, 0.6) is 5.75 Å². The van der Waals surface area contributed by atoms with Gasteiger partial charge in [-0.2, -0.15) is 0 Å². The summed E-state index contributed by atoms with van der Waals surface area (Å²) < 4.78 is 5.56. The summed E-state index contributed by atoms with van der Waals surface area (Å²) in [5.41, 5.74) is 1.56. The smallest absolute Gasteiger partial charge is 0.255 e. The Morgan fingerprint density at radius 1 is 1.04 bits per heavy atom. The average Bonchev–Trinajstić information content (AvgIpc) is 2.49. The Hall–Kier alpha value is -2.53. The number of carbonyl (C=O) groups excluding carboxylic acids is 2. The van der Waals surface area contributed by atoms with Gasteiger partial charge in [0.05, 0.1) is 11.1 Å². The van der Waals surface area contributed by atoms with Gasteiger partial charge in [-0.25, -0.2) is 0 Å². The van der Waals surface area contributed by atoms with Crippen LogP contribution in [0.3, 0.4) is 0 Å². The van der Waals surface area contributed by atoms with Crippen molar-refractivity contribution in [1.29, 1.82) is 0 Å². The number of benzene rings is 2. The lowest BCUT2D eigenvalue weighted by atomic mass is 10.2. The molecule has 0 saturated carbocycles. The maximum atomic E-state index is 12.3. The maximum Gasteiger partial charge on any atom is 0.255 e. The summed E-state index contributed by atoms with van der Waals surface area (Å²) in [6.45, 7) is 5.23. The third-order valence-electron chi connectivity index (χ3n) is 3.00. The van der Waals surface area contributed by atoms with Crippen LogP contribution >= 0.6 is 11.6 Å². The van der Waals surface area contributed by atoms with Crippen molar-refractivity contribution in [2.24, 2.45) is 0 Å². The molecule has 126 valence electrons. The van der Waals surface area contributed by atoms with Gasteiger partial charge >= 0.3 is 0 Å². The Balaban J connectivity index is 2.12. The molecule has 0 fully saturated rings. The van der Waals surface area contributed by atoms with E-state index in [9.17, 15) is 9.59 Å². The van der Waals surface area contributed by atoms with Gasteiger partial charge in [0.2, 0.25) is 5.91 Å². The second-order valence-corrected chi connectivity index (χ2v) is 5.94. The van der Waals surface area contributed by atoms with E-state index in [1.54, 1.807) is 42.5 Å². The van der Waals surface area contributed by atoms with Crippen molar-refractivity contribution < 1.29 is 14.3 Å². The van der Waals surface area contributed by atoms with Crippen molar-refractivity contribution in [2.45, 2.75) is 26.9 Å². The third-order valence-corrected chi connectivity index (χ3v) is 3.29. The van der Waals surface area contributed by atoms with Gasteiger partial charge in [-0.05, 0) is 50.2 Å². The minimum Gasteiger partial charge on any atom is -0.489 e. The fraction of sp³-hybridized carbons (Fsp3) is 0.222. The summed E-state index contributed by atoms with van der Waals surface area (Å²) in [7, 11) is 0. The highest BCUT2D eigenvalue weighted by Gasteiger charge is 2.10. The molecule has 0 aliphatic heterocycles. The zero-order valence-corrected chi connectivity index (χ0v) is 14.5. The zero-order valence-electron chi connectivity index (χ0n) is 13.7. The minimum absolute atomic E-state index is 0.0134. The molecule has 2 aromatic carbocycles. The van der Waals surface area contributed by atoms with Crippen LogP contribution in [0.4, 0.5) is 11.4 Å². The summed E-state index contributed by atoms with van der Waals surface area (Å²) in [5, 5.41) is 5.84. The third kappa shape index (κ3) is 4.99. The van der Waals surface area contributed by atoms with E-state index < -0.39 is 0 Å². The molecule has 2 aromatic rings. The first kappa shape index (κ1) is 17.8. The SMILES string of the molecule is CC(=O)Nc1cccc(C(=O)Nc2ccc(OC(C)C)c(Cl)c2)c1. The van der Waals surface area contributed by atoms with Crippen molar-refractivity contribution in [2.75, 3.05) is 10.6 Å². The number of ether oxygens (including phenoxy) is 1. The number of amides is 2. The van der Waals surface area contributed by atoms with Crippen molar-refractivity contribution in [3.8, 4) is 5.75 Å². The predicted molar refractivity (Wildman–Crippen MR) is 95.9 cm³/mol. The van der Waals surface area contributed by atoms with E-state index in [1.807, 2.05) is 13.8 Å². The molecule has 2 rings (SSSR count). The maximum absolute atomic E-state index is 12.3. The molecule has 0 unspecified atom stereocenters. The number of hydrogen-bond donors (Lipinski definition) is 2. The predicted octanol–water partition coefficient (Wildman–Crippen LogP) is 4.34. The molecule has 0 aromatic heterocycles. The topological polar surface area (TPSA) is 67.4 Å². The van der Waals surface area contributed by atoms with E-state index in [0.717, 1.165) is 0 Å². The largest absolute Gasteiger partial charge is 0.489 e. The average molecular weight is 347 g/mol. The van der Waals surface area contributed by atoms with Gasteiger partial charge in [-0.1, -0.05) is 17.7 Å². The Morgan fingerprint density at radius 3 is 2.38 bits per heavy atom. The fourth-order valence-electron chi connectivity index (χ4n) is 2.07. The molecule has 0 radical (unpaired) electrons. The Labute approximate surface area is 146 Å². The highest BCUT2D eigenvalue weighted by Crippen LogP contribution is 2.28. The molecular formula is C18H19ClN2O3. The molecule has 2 amide bonds. The van der Waals surface area contributed by atoms with Crippen LogP contribution < -0.4 is 15.4 Å². The van der Waals surface area contributed by atoms with Crippen LogP contribution in [0.15, 0.2) is 42.5 Å². The van der Waals surface area contributed by atoms with Crippen LogP contribution in [0, 0.1) is 0 Å². The van der Waals surface area contributed by atoms with E-state index in [4.69, 9.17) is 16.3 Å². The summed E-state index contributed by atoms with van der Waals surface area (Å²) in [5.74, 6) is 0.0770. The van der Waals surface area contributed by atoms with Gasteiger partial charge in [-0.3, -0.25) is 9.59 Å². The van der Waals surface area contributed by atoms with Crippen molar-refractivity contribution >= 4 is 34.8 Å². The summed E-state index contributed by atoms with van der Waals surface area (Å²) >= 11 is 6.16. The highest BCUT2D eigenvalue weighted by molar-refractivity contribution is 6.32. The Kier molecular flexibility index (Phi) is 5.82. The number of carbonyl (C=O) groups is 2. The molecule has 0 atom stereocenters. The molecule has 0 bridgehead atoms. The van der Waals surface area contributed by atoms with Crippen molar-refractivity contribution in [1.82, 2.24) is 0 Å². The Bertz CT molecular complexity index is 760. The van der Waals surface area contributed by atoms with E-state index in [1.165, 1.54) is 6.92 Å². The fourth-order valence-corrected chi connectivity index (χ4v) is 2.30. The van der Waals surface area contributed by atoms with Crippen LogP contribution in [0.1, 0.15) is 31.1 Å². The van der Waals surface area contributed by atoms with Gasteiger partial charge in [0.15, 0.2) is 0 Å². The lowest BCUT2D eigenvalue weighted by Gasteiger charge is -2.13. The summed E-state index contributed by atoms with van der Waals surface area (Å²) in [6, 6.07) is 11.8. The normalized spacial score (nSPS) is 10.4. The first-order valence-corrected chi connectivity index (χ1v) is 7.88. The first-order valence-electron chi connectivity index (χ1n) is 7.50. The number of anilines is 2. The van der Waals surface area contributed by atoms with Crippen LogP contribution in [0.25, 0.3) is 0 Å². The molecule has 2 N–H and O–H groups in total. The monoisotopic (exact) mass is 346 g/mol. The van der Waals surface area contributed by atoms with Crippen molar-refractivity contribution in [3.05, 3.63) is 53.1 Å². The molecule has 0 spiro atoms. The van der Waals surface area contributed by atoms with Crippen LogP contribution in [0.2, 0.25) is 5.02 Å². The molecule has 0 aliphatic rings. The molecule has 0 aliphatic carbocycles. The molecule has 0 saturated heterocycles. The second kappa shape index (κ2) is 7.84. The van der Waals surface area contributed by atoms with E-state index >= 15 is 0 Å². The number of halogens is 1. The van der Waals surface area contributed by atoms with Gasteiger partial charge in [0.25, 0.3) is 5.91 Å². The van der Waals surface area contributed by atoms with E-state index in [2.05, 4.69) is 10.6 Å². The highest BCUT2D eigenvalue weighted by atomic mass is 35.5. The standard InChI is InChI=1S/C18H19ClN2O3/c1-11(2)24-17-8-7-15(10-16(17)19)21-18(23)13-5-4-6-14(9-13)20-12(3)22/h4-11H,1-3H3,(H,20,22)(H,21,23). The van der Waals surface area contributed by atoms with Gasteiger partial charge in [0.1, 0.15) is 5.75 Å².